The van der Waals surface area contributed by atoms with Crippen molar-refractivity contribution >= 4 is 27.5 Å². The van der Waals surface area contributed by atoms with Crippen LogP contribution in [0.1, 0.15) is 45.1 Å². The van der Waals surface area contributed by atoms with Crippen LogP contribution in [0.4, 0.5) is 0 Å². The third kappa shape index (κ3) is 3.33. The Morgan fingerprint density at radius 3 is 2.76 bits per heavy atom. The fraction of sp³-hybridized carbons (Fsp3) is 0.667. The lowest BCUT2D eigenvalue weighted by Crippen LogP contribution is -2.42. The Morgan fingerprint density at radius 1 is 1.38 bits per heavy atom. The average Bonchev–Trinajstić information content (AvgIpc) is 3.01. The highest BCUT2D eigenvalue weighted by atomic mass is 79.9. The van der Waals surface area contributed by atoms with Gasteiger partial charge in [0.2, 0.25) is 0 Å². The van der Waals surface area contributed by atoms with Gasteiger partial charge < -0.3 is 5.32 Å². The van der Waals surface area contributed by atoms with Gasteiger partial charge in [0.25, 0.3) is 0 Å². The van der Waals surface area contributed by atoms with Gasteiger partial charge in [-0.15, -0.1) is 0 Å². The molecule has 1 nitrogen and oxygen atoms in total. The maximum Gasteiger partial charge on any atom is 0.0449 e. The minimum absolute atomic E-state index is 0.421. The molecule has 1 aromatic rings. The van der Waals surface area contributed by atoms with E-state index in [9.17, 15) is 0 Å². The summed E-state index contributed by atoms with van der Waals surface area (Å²) in [6, 6.07) is 6.92. The zero-order valence-electron chi connectivity index (χ0n) is 13.0. The van der Waals surface area contributed by atoms with Crippen molar-refractivity contribution in [2.75, 3.05) is 6.54 Å². The van der Waals surface area contributed by atoms with E-state index in [2.05, 4.69) is 47.2 Å². The standard InChI is InChI=1S/C18H25BrClN/c1-12(2)21-11-18(9-13-3-5-15(18)7-13)10-14-4-6-16(19)8-17(14)20/h4,6,8,12-13,15,21H,3,5,7,9-11H2,1-2H3. The fourth-order valence-corrected chi connectivity index (χ4v) is 5.25. The molecule has 0 amide bonds. The Bertz CT molecular complexity index is 516. The number of hydrogen-bond donors (Lipinski definition) is 1. The van der Waals surface area contributed by atoms with Crippen LogP contribution in [0.5, 0.6) is 0 Å². The smallest absolute Gasteiger partial charge is 0.0449 e. The van der Waals surface area contributed by atoms with Crippen molar-refractivity contribution in [2.24, 2.45) is 17.3 Å². The summed E-state index contributed by atoms with van der Waals surface area (Å²) in [6.07, 6.45) is 6.80. The Hall–Kier alpha value is -0.0500. The Morgan fingerprint density at radius 2 is 2.19 bits per heavy atom. The Balaban J connectivity index is 1.82. The van der Waals surface area contributed by atoms with E-state index in [4.69, 9.17) is 11.6 Å². The van der Waals surface area contributed by atoms with E-state index in [-0.39, 0.29) is 0 Å². The van der Waals surface area contributed by atoms with Gasteiger partial charge >= 0.3 is 0 Å². The molecule has 2 aliphatic rings. The molecule has 0 spiro atoms. The van der Waals surface area contributed by atoms with Crippen LogP contribution in [0.3, 0.4) is 0 Å². The lowest BCUT2D eigenvalue weighted by Gasteiger charge is -2.39. The van der Waals surface area contributed by atoms with Gasteiger partial charge in [-0.25, -0.2) is 0 Å². The summed E-state index contributed by atoms with van der Waals surface area (Å²) in [5, 5.41) is 4.62. The van der Waals surface area contributed by atoms with Gasteiger partial charge in [-0.05, 0) is 60.6 Å². The molecule has 3 unspecified atom stereocenters. The van der Waals surface area contributed by atoms with E-state index >= 15 is 0 Å². The van der Waals surface area contributed by atoms with Crippen molar-refractivity contribution in [3.8, 4) is 0 Å². The minimum Gasteiger partial charge on any atom is -0.314 e. The molecule has 0 aromatic heterocycles. The van der Waals surface area contributed by atoms with Gasteiger partial charge in [-0.1, -0.05) is 53.9 Å². The molecular formula is C18H25BrClN. The van der Waals surface area contributed by atoms with E-state index in [0.29, 0.717) is 11.5 Å². The third-order valence-corrected chi connectivity index (χ3v) is 6.37. The normalized spacial score (nSPS) is 31.3. The van der Waals surface area contributed by atoms with Crippen LogP contribution in [-0.4, -0.2) is 12.6 Å². The van der Waals surface area contributed by atoms with E-state index < -0.39 is 0 Å². The first-order valence-electron chi connectivity index (χ1n) is 8.16. The minimum atomic E-state index is 0.421. The summed E-state index contributed by atoms with van der Waals surface area (Å²) in [6.45, 7) is 5.62. The fourth-order valence-electron chi connectivity index (χ4n) is 4.51. The first kappa shape index (κ1) is 15.8. The number of benzene rings is 1. The van der Waals surface area contributed by atoms with E-state index in [1.54, 1.807) is 0 Å². The summed E-state index contributed by atoms with van der Waals surface area (Å²) >= 11 is 9.99. The second-order valence-electron chi connectivity index (χ2n) is 7.39. The highest BCUT2D eigenvalue weighted by Crippen LogP contribution is 2.57. The SMILES string of the molecule is CC(C)NCC1(Cc2ccc(Br)cc2Cl)CC2CCC1C2. The average molecular weight is 371 g/mol. The van der Waals surface area contributed by atoms with Crippen LogP contribution in [0.15, 0.2) is 22.7 Å². The number of rotatable bonds is 5. The van der Waals surface area contributed by atoms with E-state index in [1.165, 1.54) is 31.2 Å². The van der Waals surface area contributed by atoms with Crippen molar-refractivity contribution in [1.82, 2.24) is 5.32 Å². The maximum atomic E-state index is 6.48. The van der Waals surface area contributed by atoms with Crippen molar-refractivity contribution < 1.29 is 0 Å². The lowest BCUT2D eigenvalue weighted by atomic mass is 9.69. The summed E-state index contributed by atoms with van der Waals surface area (Å²) in [4.78, 5) is 0. The molecule has 0 saturated heterocycles. The van der Waals surface area contributed by atoms with Crippen LogP contribution >= 0.6 is 27.5 Å². The van der Waals surface area contributed by atoms with Crippen LogP contribution in [0.25, 0.3) is 0 Å². The van der Waals surface area contributed by atoms with Crippen LogP contribution in [0.2, 0.25) is 5.02 Å². The molecule has 1 aromatic carbocycles. The largest absolute Gasteiger partial charge is 0.314 e. The highest BCUT2D eigenvalue weighted by molar-refractivity contribution is 9.10. The van der Waals surface area contributed by atoms with Crippen LogP contribution < -0.4 is 5.32 Å². The van der Waals surface area contributed by atoms with Gasteiger partial charge in [0.15, 0.2) is 0 Å². The molecule has 0 aliphatic heterocycles. The second-order valence-corrected chi connectivity index (χ2v) is 8.71. The Labute approximate surface area is 142 Å². The predicted octanol–water partition coefficient (Wildman–Crippen LogP) is 5.45. The first-order chi connectivity index (χ1) is 9.98. The maximum absolute atomic E-state index is 6.48. The number of fused-ring (bicyclic) bond motifs is 2. The topological polar surface area (TPSA) is 12.0 Å². The number of halogens is 2. The van der Waals surface area contributed by atoms with Crippen molar-refractivity contribution in [3.63, 3.8) is 0 Å². The summed E-state index contributed by atoms with van der Waals surface area (Å²) < 4.78 is 1.07. The second kappa shape index (κ2) is 6.22. The zero-order chi connectivity index (χ0) is 15.0. The quantitative estimate of drug-likeness (QED) is 0.726. The predicted molar refractivity (Wildman–Crippen MR) is 93.9 cm³/mol. The number of nitrogens with one attached hydrogen (secondary N) is 1. The lowest BCUT2D eigenvalue weighted by molar-refractivity contribution is 0.152. The molecule has 3 heteroatoms. The van der Waals surface area contributed by atoms with Gasteiger partial charge in [0.05, 0.1) is 0 Å². The van der Waals surface area contributed by atoms with Crippen molar-refractivity contribution in [3.05, 3.63) is 33.3 Å². The number of hydrogen-bond acceptors (Lipinski definition) is 1. The summed E-state index contributed by atoms with van der Waals surface area (Å²) in [7, 11) is 0. The molecule has 21 heavy (non-hydrogen) atoms. The Kier molecular flexibility index (Phi) is 4.69. The van der Waals surface area contributed by atoms with E-state index in [1.807, 2.05) is 6.07 Å². The van der Waals surface area contributed by atoms with Gasteiger partial charge in [0, 0.05) is 22.1 Å². The molecule has 2 fully saturated rings. The van der Waals surface area contributed by atoms with Crippen LogP contribution in [0, 0.1) is 17.3 Å². The first-order valence-corrected chi connectivity index (χ1v) is 9.33. The summed E-state index contributed by atoms with van der Waals surface area (Å²) in [5.41, 5.74) is 1.74. The van der Waals surface area contributed by atoms with Gasteiger partial charge in [-0.3, -0.25) is 0 Å². The molecule has 3 rings (SSSR count). The third-order valence-electron chi connectivity index (χ3n) is 5.52. The molecular weight excluding hydrogens is 346 g/mol. The highest BCUT2D eigenvalue weighted by Gasteiger charge is 2.50. The van der Waals surface area contributed by atoms with Gasteiger partial charge in [0.1, 0.15) is 0 Å². The molecule has 0 heterocycles. The molecule has 1 N–H and O–H groups in total. The zero-order valence-corrected chi connectivity index (χ0v) is 15.3. The molecule has 2 bridgehead atoms. The molecule has 3 atom stereocenters. The van der Waals surface area contributed by atoms with Crippen molar-refractivity contribution in [1.29, 1.82) is 0 Å². The monoisotopic (exact) mass is 369 g/mol. The van der Waals surface area contributed by atoms with Gasteiger partial charge in [-0.2, -0.15) is 0 Å². The molecule has 0 radical (unpaired) electrons. The van der Waals surface area contributed by atoms with Crippen molar-refractivity contribution in [2.45, 2.75) is 52.0 Å². The van der Waals surface area contributed by atoms with Crippen LogP contribution in [-0.2, 0) is 6.42 Å². The summed E-state index contributed by atoms with van der Waals surface area (Å²) in [5.74, 6) is 1.84. The molecule has 2 saturated carbocycles. The molecule has 2 aliphatic carbocycles. The molecule has 116 valence electrons. The van der Waals surface area contributed by atoms with E-state index in [0.717, 1.165) is 34.3 Å².